The van der Waals surface area contributed by atoms with Crippen LogP contribution in [0.1, 0.15) is 51.5 Å². The molecule has 2 amide bonds. The van der Waals surface area contributed by atoms with E-state index in [-0.39, 0.29) is 17.9 Å². The van der Waals surface area contributed by atoms with Crippen LogP contribution in [0.5, 0.6) is 0 Å². The summed E-state index contributed by atoms with van der Waals surface area (Å²) in [5.41, 5.74) is 0.374. The zero-order valence-electron chi connectivity index (χ0n) is 16.9. The van der Waals surface area contributed by atoms with Gasteiger partial charge in [-0.1, -0.05) is 37.6 Å². The van der Waals surface area contributed by atoms with Crippen molar-refractivity contribution in [2.24, 2.45) is 5.92 Å². The molecule has 2 aliphatic rings. The van der Waals surface area contributed by atoms with Crippen LogP contribution in [0.4, 0.5) is 0 Å². The second kappa shape index (κ2) is 9.27. The van der Waals surface area contributed by atoms with E-state index in [1.807, 2.05) is 29.2 Å². The van der Waals surface area contributed by atoms with Gasteiger partial charge < -0.3 is 15.0 Å². The van der Waals surface area contributed by atoms with Crippen LogP contribution < -0.4 is 5.32 Å². The fourth-order valence-corrected chi connectivity index (χ4v) is 4.42. The van der Waals surface area contributed by atoms with Crippen molar-refractivity contribution in [3.8, 4) is 0 Å². The van der Waals surface area contributed by atoms with Gasteiger partial charge in [-0.15, -0.1) is 0 Å². The number of ether oxygens (including phenoxy) is 1. The first-order chi connectivity index (χ1) is 13.4. The van der Waals surface area contributed by atoms with E-state index in [0.717, 1.165) is 18.4 Å². The monoisotopic (exact) mass is 406 g/mol. The molecule has 0 bridgehead atoms. The number of carbonyl (C=O) groups is 2. The van der Waals surface area contributed by atoms with Gasteiger partial charge in [0.05, 0.1) is 5.41 Å². The first-order valence-corrected chi connectivity index (χ1v) is 10.7. The number of nitrogens with one attached hydrogen (secondary N) is 1. The molecule has 1 N–H and O–H groups in total. The Balaban J connectivity index is 1.65. The number of benzene rings is 1. The Morgan fingerprint density at radius 1 is 1.25 bits per heavy atom. The lowest BCUT2D eigenvalue weighted by Crippen LogP contribution is -2.53. The van der Waals surface area contributed by atoms with Gasteiger partial charge in [-0.05, 0) is 49.3 Å². The number of rotatable bonds is 5. The molecule has 1 aromatic carbocycles. The first kappa shape index (κ1) is 21.1. The number of piperidine rings is 1. The standard InChI is InChI=1S/C22H31ClN2O3/c1-16(2)14-20(26)25-10-6-19(7-11-25)24-21(27)22(8-12-28-13-9-22)17-4-3-5-18(23)15-17/h3-5,15-16,19H,6-14H2,1-2H3,(H,24,27). The number of hydrogen-bond acceptors (Lipinski definition) is 3. The van der Waals surface area contributed by atoms with Gasteiger partial charge in [0, 0.05) is 43.8 Å². The predicted octanol–water partition coefficient (Wildman–Crippen LogP) is 3.54. The second-order valence-corrected chi connectivity index (χ2v) is 8.87. The maximum absolute atomic E-state index is 13.4. The minimum atomic E-state index is -0.590. The van der Waals surface area contributed by atoms with E-state index >= 15 is 0 Å². The Kier molecular flexibility index (Phi) is 7.00. The Morgan fingerprint density at radius 3 is 2.54 bits per heavy atom. The van der Waals surface area contributed by atoms with Crippen LogP contribution in [-0.4, -0.2) is 49.1 Å². The molecule has 0 atom stereocenters. The van der Waals surface area contributed by atoms with Gasteiger partial charge in [0.25, 0.3) is 0 Å². The van der Waals surface area contributed by atoms with Crippen LogP contribution in [-0.2, 0) is 19.7 Å². The van der Waals surface area contributed by atoms with Gasteiger partial charge in [0.15, 0.2) is 0 Å². The third kappa shape index (κ3) is 4.87. The fourth-order valence-electron chi connectivity index (χ4n) is 4.23. The summed E-state index contributed by atoms with van der Waals surface area (Å²) in [6.45, 7) is 6.69. The predicted molar refractivity (Wildman–Crippen MR) is 110 cm³/mol. The molecule has 5 nitrogen and oxygen atoms in total. The molecular formula is C22H31ClN2O3. The summed E-state index contributed by atoms with van der Waals surface area (Å²) in [6, 6.07) is 7.74. The van der Waals surface area contributed by atoms with Gasteiger partial charge in [0.2, 0.25) is 11.8 Å². The highest BCUT2D eigenvalue weighted by atomic mass is 35.5. The third-order valence-electron chi connectivity index (χ3n) is 5.92. The average molecular weight is 407 g/mol. The largest absolute Gasteiger partial charge is 0.381 e. The van der Waals surface area contributed by atoms with Crippen molar-refractivity contribution < 1.29 is 14.3 Å². The van der Waals surface area contributed by atoms with Crippen LogP contribution in [0.2, 0.25) is 5.02 Å². The smallest absolute Gasteiger partial charge is 0.231 e. The van der Waals surface area contributed by atoms with Crippen LogP contribution in [0.25, 0.3) is 0 Å². The van der Waals surface area contributed by atoms with Gasteiger partial charge >= 0.3 is 0 Å². The van der Waals surface area contributed by atoms with Gasteiger partial charge in [-0.2, -0.15) is 0 Å². The number of amides is 2. The summed E-state index contributed by atoms with van der Waals surface area (Å²) in [6.07, 6.45) is 3.51. The SMILES string of the molecule is CC(C)CC(=O)N1CCC(NC(=O)C2(c3cccc(Cl)c3)CCOCC2)CC1. The molecule has 0 spiro atoms. The molecule has 2 fully saturated rings. The summed E-state index contributed by atoms with van der Waals surface area (Å²) in [5.74, 6) is 0.653. The Bertz CT molecular complexity index is 693. The van der Waals surface area contributed by atoms with Crippen molar-refractivity contribution in [1.82, 2.24) is 10.2 Å². The topological polar surface area (TPSA) is 58.6 Å². The van der Waals surface area contributed by atoms with Crippen molar-refractivity contribution in [2.45, 2.75) is 57.4 Å². The first-order valence-electron chi connectivity index (χ1n) is 10.3. The molecule has 3 rings (SSSR count). The van der Waals surface area contributed by atoms with Crippen LogP contribution >= 0.6 is 11.6 Å². The van der Waals surface area contributed by atoms with Crippen molar-refractivity contribution in [2.75, 3.05) is 26.3 Å². The van der Waals surface area contributed by atoms with Gasteiger partial charge in [0.1, 0.15) is 0 Å². The van der Waals surface area contributed by atoms with Crippen molar-refractivity contribution in [3.05, 3.63) is 34.9 Å². The van der Waals surface area contributed by atoms with Crippen LogP contribution in [0, 0.1) is 5.92 Å². The zero-order valence-corrected chi connectivity index (χ0v) is 17.6. The van der Waals surface area contributed by atoms with Crippen LogP contribution in [0.15, 0.2) is 24.3 Å². The number of carbonyl (C=O) groups excluding carboxylic acids is 2. The fraction of sp³-hybridized carbons (Fsp3) is 0.636. The minimum absolute atomic E-state index is 0.0602. The molecule has 0 saturated carbocycles. The minimum Gasteiger partial charge on any atom is -0.381 e. The Labute approximate surface area is 172 Å². The zero-order chi connectivity index (χ0) is 20.1. The number of nitrogens with zero attached hydrogens (tertiary/aromatic N) is 1. The molecule has 2 heterocycles. The molecule has 2 saturated heterocycles. The summed E-state index contributed by atoms with van der Waals surface area (Å²) in [4.78, 5) is 27.6. The Morgan fingerprint density at radius 2 is 1.93 bits per heavy atom. The molecule has 0 unspecified atom stereocenters. The van der Waals surface area contributed by atoms with Gasteiger partial charge in [-0.3, -0.25) is 9.59 Å². The number of likely N-dealkylation sites (tertiary alicyclic amines) is 1. The lowest BCUT2D eigenvalue weighted by molar-refractivity contribution is -0.134. The summed E-state index contributed by atoms with van der Waals surface area (Å²) >= 11 is 6.20. The molecule has 6 heteroatoms. The second-order valence-electron chi connectivity index (χ2n) is 8.43. The Hall–Kier alpha value is -1.59. The highest BCUT2D eigenvalue weighted by molar-refractivity contribution is 6.30. The van der Waals surface area contributed by atoms with E-state index in [1.165, 1.54) is 0 Å². The molecule has 0 aromatic heterocycles. The lowest BCUT2D eigenvalue weighted by atomic mass is 9.73. The number of halogens is 1. The lowest BCUT2D eigenvalue weighted by Gasteiger charge is -2.39. The van der Waals surface area contributed by atoms with E-state index in [1.54, 1.807) is 0 Å². The summed E-state index contributed by atoms with van der Waals surface area (Å²) < 4.78 is 5.53. The van der Waals surface area contributed by atoms with E-state index in [0.29, 0.717) is 56.5 Å². The van der Waals surface area contributed by atoms with E-state index in [4.69, 9.17) is 16.3 Å². The summed E-state index contributed by atoms with van der Waals surface area (Å²) in [5, 5.41) is 3.92. The highest BCUT2D eigenvalue weighted by Crippen LogP contribution is 2.36. The average Bonchev–Trinajstić information content (AvgIpc) is 2.68. The van der Waals surface area contributed by atoms with Crippen molar-refractivity contribution in [3.63, 3.8) is 0 Å². The molecule has 0 radical (unpaired) electrons. The van der Waals surface area contributed by atoms with E-state index in [2.05, 4.69) is 19.2 Å². The molecule has 28 heavy (non-hydrogen) atoms. The quantitative estimate of drug-likeness (QED) is 0.813. The van der Waals surface area contributed by atoms with Crippen LogP contribution in [0.3, 0.4) is 0 Å². The number of hydrogen-bond donors (Lipinski definition) is 1. The molecule has 154 valence electrons. The van der Waals surface area contributed by atoms with Crippen molar-refractivity contribution >= 4 is 23.4 Å². The molecule has 0 aliphatic carbocycles. The third-order valence-corrected chi connectivity index (χ3v) is 6.16. The molecular weight excluding hydrogens is 376 g/mol. The molecule has 2 aliphatic heterocycles. The maximum Gasteiger partial charge on any atom is 0.231 e. The highest BCUT2D eigenvalue weighted by Gasteiger charge is 2.42. The van der Waals surface area contributed by atoms with Crippen molar-refractivity contribution in [1.29, 1.82) is 0 Å². The van der Waals surface area contributed by atoms with E-state index in [9.17, 15) is 9.59 Å². The summed E-state index contributed by atoms with van der Waals surface area (Å²) in [7, 11) is 0. The maximum atomic E-state index is 13.4. The molecule has 1 aromatic rings. The van der Waals surface area contributed by atoms with Gasteiger partial charge in [-0.25, -0.2) is 0 Å². The van der Waals surface area contributed by atoms with E-state index < -0.39 is 5.41 Å². The normalized spacial score (nSPS) is 20.2.